The highest BCUT2D eigenvalue weighted by Gasteiger charge is 2.08. The average Bonchev–Trinajstić information content (AvgIpc) is 2.37. The fraction of sp³-hybridized carbons (Fsp3) is 0.0769. The van der Waals surface area contributed by atoms with Crippen LogP contribution in [-0.2, 0) is 0 Å². The van der Waals surface area contributed by atoms with Gasteiger partial charge in [-0.1, -0.05) is 34.8 Å². The smallest absolute Gasteiger partial charge is 0.157 e. The van der Waals surface area contributed by atoms with Gasteiger partial charge in [0.2, 0.25) is 0 Å². The first-order chi connectivity index (χ1) is 9.38. The number of azo groups is 1. The van der Waals surface area contributed by atoms with E-state index in [4.69, 9.17) is 34.8 Å². The first-order valence-electron chi connectivity index (χ1n) is 5.44. The largest absolute Gasteiger partial charge is 0.505 e. The molecule has 0 atom stereocenters. The molecule has 3 nitrogen and oxygen atoms in total. The number of nitrogens with zero attached hydrogens (tertiary/aromatic N) is 2. The van der Waals surface area contributed by atoms with Crippen molar-refractivity contribution in [3.8, 4) is 5.75 Å². The van der Waals surface area contributed by atoms with Crippen molar-refractivity contribution < 1.29 is 5.11 Å². The highest BCUT2D eigenvalue weighted by Crippen LogP contribution is 2.38. The second-order valence-electron chi connectivity index (χ2n) is 4.03. The fourth-order valence-corrected chi connectivity index (χ4v) is 2.63. The zero-order chi connectivity index (χ0) is 14.9. The van der Waals surface area contributed by atoms with Gasteiger partial charge in [-0.2, -0.15) is 0 Å². The third kappa shape index (κ3) is 3.44. The van der Waals surface area contributed by atoms with Gasteiger partial charge in [-0.15, -0.1) is 10.2 Å². The van der Waals surface area contributed by atoms with Crippen molar-refractivity contribution in [3.63, 3.8) is 0 Å². The van der Waals surface area contributed by atoms with Crippen molar-refractivity contribution in [1.82, 2.24) is 0 Å². The molecular weight excluding hydrogens is 386 g/mol. The maximum atomic E-state index is 9.89. The number of halogens is 4. The molecular formula is C13H8BrCl3N2O. The molecule has 104 valence electrons. The minimum Gasteiger partial charge on any atom is -0.505 e. The van der Waals surface area contributed by atoms with Crippen LogP contribution < -0.4 is 0 Å². The molecule has 1 N–H and O–H groups in total. The number of phenols is 1. The van der Waals surface area contributed by atoms with Gasteiger partial charge in [0, 0.05) is 0 Å². The van der Waals surface area contributed by atoms with Crippen LogP contribution in [0.1, 0.15) is 5.56 Å². The fourth-order valence-electron chi connectivity index (χ4n) is 1.49. The monoisotopic (exact) mass is 392 g/mol. The Bertz CT molecular complexity index is 705. The van der Waals surface area contributed by atoms with E-state index in [1.54, 1.807) is 12.1 Å². The summed E-state index contributed by atoms with van der Waals surface area (Å²) >= 11 is 21.0. The van der Waals surface area contributed by atoms with Crippen molar-refractivity contribution in [1.29, 1.82) is 0 Å². The summed E-state index contributed by atoms with van der Waals surface area (Å²) in [5.41, 5.74) is 1.64. The number of hydrogen-bond acceptors (Lipinski definition) is 3. The highest BCUT2D eigenvalue weighted by molar-refractivity contribution is 9.10. The Hall–Kier alpha value is -0.810. The topological polar surface area (TPSA) is 45.0 Å². The number of hydrogen-bond donors (Lipinski definition) is 1. The van der Waals surface area contributed by atoms with Crippen molar-refractivity contribution >= 4 is 62.1 Å². The molecule has 2 aromatic rings. The highest BCUT2D eigenvalue weighted by atomic mass is 79.9. The summed E-state index contributed by atoms with van der Waals surface area (Å²) in [5, 5.41) is 18.9. The van der Waals surface area contributed by atoms with Crippen LogP contribution in [0.3, 0.4) is 0 Å². The van der Waals surface area contributed by atoms with Gasteiger partial charge in [-0.05, 0) is 52.7 Å². The number of benzene rings is 2. The van der Waals surface area contributed by atoms with Crippen LogP contribution in [0.4, 0.5) is 11.4 Å². The van der Waals surface area contributed by atoms with E-state index in [1.807, 2.05) is 6.92 Å². The summed E-state index contributed by atoms with van der Waals surface area (Å²) in [7, 11) is 0. The Morgan fingerprint density at radius 1 is 0.900 bits per heavy atom. The van der Waals surface area contributed by atoms with Gasteiger partial charge in [-0.25, -0.2) is 0 Å². The molecule has 20 heavy (non-hydrogen) atoms. The van der Waals surface area contributed by atoms with Crippen LogP contribution in [0.15, 0.2) is 39.0 Å². The molecule has 0 spiro atoms. The van der Waals surface area contributed by atoms with Gasteiger partial charge in [0.25, 0.3) is 0 Å². The normalized spacial score (nSPS) is 11.2. The number of aromatic hydroxyl groups is 1. The van der Waals surface area contributed by atoms with Gasteiger partial charge in [0.05, 0.1) is 19.5 Å². The van der Waals surface area contributed by atoms with E-state index in [-0.39, 0.29) is 5.75 Å². The summed E-state index contributed by atoms with van der Waals surface area (Å²) in [6, 6.07) is 6.49. The van der Waals surface area contributed by atoms with Crippen LogP contribution in [0.25, 0.3) is 0 Å². The van der Waals surface area contributed by atoms with Crippen LogP contribution in [-0.4, -0.2) is 5.11 Å². The zero-order valence-electron chi connectivity index (χ0n) is 10.2. The predicted octanol–water partition coefficient (Wildman–Crippen LogP) is 6.84. The van der Waals surface area contributed by atoms with Crippen LogP contribution in [0.5, 0.6) is 5.75 Å². The molecule has 0 saturated carbocycles. The summed E-state index contributed by atoms with van der Waals surface area (Å²) in [6.45, 7) is 1.88. The maximum absolute atomic E-state index is 9.89. The third-order valence-electron chi connectivity index (χ3n) is 2.44. The minimum absolute atomic E-state index is 0.00975. The molecule has 7 heteroatoms. The van der Waals surface area contributed by atoms with Crippen molar-refractivity contribution in [2.24, 2.45) is 10.2 Å². The molecule has 0 aliphatic heterocycles. The molecule has 0 aliphatic rings. The summed E-state index contributed by atoms with van der Waals surface area (Å²) in [4.78, 5) is 0. The van der Waals surface area contributed by atoms with E-state index in [0.29, 0.717) is 30.9 Å². The quantitative estimate of drug-likeness (QED) is 0.440. The molecule has 0 amide bonds. The molecule has 0 unspecified atom stereocenters. The lowest BCUT2D eigenvalue weighted by molar-refractivity contribution is 0.473. The lowest BCUT2D eigenvalue weighted by Crippen LogP contribution is -1.76. The summed E-state index contributed by atoms with van der Waals surface area (Å²) in [6.07, 6.45) is 0. The molecule has 2 aromatic carbocycles. The van der Waals surface area contributed by atoms with Gasteiger partial charge < -0.3 is 5.11 Å². The predicted molar refractivity (Wildman–Crippen MR) is 86.2 cm³/mol. The Labute approximate surface area is 139 Å². The van der Waals surface area contributed by atoms with E-state index in [2.05, 4.69) is 26.2 Å². The summed E-state index contributed by atoms with van der Waals surface area (Å²) < 4.78 is 0.548. The maximum Gasteiger partial charge on any atom is 0.157 e. The van der Waals surface area contributed by atoms with Crippen LogP contribution in [0, 0.1) is 6.92 Å². The average molecular weight is 394 g/mol. The Balaban J connectivity index is 2.42. The third-order valence-corrected chi connectivity index (χ3v) is 4.07. The number of aryl methyl sites for hydroxylation is 1. The summed E-state index contributed by atoms with van der Waals surface area (Å²) in [5.74, 6) is 0.00975. The first kappa shape index (κ1) is 15.6. The van der Waals surface area contributed by atoms with Crippen LogP contribution >= 0.6 is 50.7 Å². The van der Waals surface area contributed by atoms with Crippen molar-refractivity contribution in [2.45, 2.75) is 6.92 Å². The lowest BCUT2D eigenvalue weighted by atomic mass is 10.2. The Kier molecular flexibility index (Phi) is 4.91. The molecule has 0 aliphatic carbocycles. The second-order valence-corrected chi connectivity index (χ2v) is 6.11. The Morgan fingerprint density at radius 2 is 1.50 bits per heavy atom. The van der Waals surface area contributed by atoms with E-state index in [1.165, 1.54) is 12.1 Å². The van der Waals surface area contributed by atoms with E-state index in [0.717, 1.165) is 5.56 Å². The molecule has 0 aromatic heterocycles. The first-order valence-corrected chi connectivity index (χ1v) is 7.36. The molecule has 0 heterocycles. The van der Waals surface area contributed by atoms with Crippen molar-refractivity contribution in [3.05, 3.63) is 49.4 Å². The van der Waals surface area contributed by atoms with Gasteiger partial charge in [0.15, 0.2) is 5.75 Å². The molecule has 0 radical (unpaired) electrons. The molecule has 0 bridgehead atoms. The molecule has 0 saturated heterocycles. The van der Waals surface area contributed by atoms with Gasteiger partial charge in [0.1, 0.15) is 11.4 Å². The standard InChI is InChI=1S/C13H8BrCl3N2O/c1-6-2-7(14)13(20)12(3-6)19-18-11-5-9(16)8(15)4-10(11)17/h2-5,20H,1H3. The Morgan fingerprint density at radius 3 is 2.20 bits per heavy atom. The second kappa shape index (κ2) is 6.31. The molecule has 2 rings (SSSR count). The zero-order valence-corrected chi connectivity index (χ0v) is 14.0. The van der Waals surface area contributed by atoms with E-state index >= 15 is 0 Å². The van der Waals surface area contributed by atoms with Crippen LogP contribution in [0.2, 0.25) is 15.1 Å². The van der Waals surface area contributed by atoms with Gasteiger partial charge in [-0.3, -0.25) is 0 Å². The van der Waals surface area contributed by atoms with E-state index < -0.39 is 0 Å². The SMILES string of the molecule is Cc1cc(Br)c(O)c(N=Nc2cc(Cl)c(Cl)cc2Cl)c1. The number of rotatable bonds is 2. The lowest BCUT2D eigenvalue weighted by Gasteiger charge is -2.03. The molecule has 0 fully saturated rings. The van der Waals surface area contributed by atoms with Gasteiger partial charge >= 0.3 is 0 Å². The van der Waals surface area contributed by atoms with Crippen molar-refractivity contribution in [2.75, 3.05) is 0 Å². The minimum atomic E-state index is 0.00975. The number of phenolic OH excluding ortho intramolecular Hbond substituents is 1. The van der Waals surface area contributed by atoms with E-state index in [9.17, 15) is 5.11 Å².